The van der Waals surface area contributed by atoms with Crippen LogP contribution in [-0.2, 0) is 5.33 Å². The van der Waals surface area contributed by atoms with E-state index in [9.17, 15) is 5.26 Å². The largest absolute Gasteiger partial charge is 0.372 e. The van der Waals surface area contributed by atoms with Gasteiger partial charge in [-0.2, -0.15) is 5.26 Å². The lowest BCUT2D eigenvalue weighted by Gasteiger charge is -2.49. The Balaban J connectivity index is 2.21. The molecule has 0 aliphatic heterocycles. The molecule has 0 saturated heterocycles. The van der Waals surface area contributed by atoms with E-state index in [0.29, 0.717) is 0 Å². The van der Waals surface area contributed by atoms with Crippen LogP contribution >= 0.6 is 15.9 Å². The lowest BCUT2D eigenvalue weighted by molar-refractivity contribution is 0.0683. The van der Waals surface area contributed by atoms with E-state index in [-0.39, 0.29) is 5.54 Å². The number of likely N-dealkylation sites (N-methyl/N-ethyl adjacent to an activating group) is 2. The predicted octanol–water partition coefficient (Wildman–Crippen LogP) is 3.37. The van der Waals surface area contributed by atoms with Crippen molar-refractivity contribution in [2.45, 2.75) is 30.1 Å². The average molecular weight is 336 g/mol. The van der Waals surface area contributed by atoms with Crippen molar-refractivity contribution in [1.82, 2.24) is 4.90 Å². The third kappa shape index (κ3) is 2.84. The topological polar surface area (TPSA) is 30.3 Å². The van der Waals surface area contributed by atoms with Crippen LogP contribution < -0.4 is 4.90 Å². The van der Waals surface area contributed by atoms with Crippen molar-refractivity contribution in [2.24, 2.45) is 0 Å². The van der Waals surface area contributed by atoms with Gasteiger partial charge >= 0.3 is 0 Å². The fourth-order valence-corrected chi connectivity index (χ4v) is 3.30. The van der Waals surface area contributed by atoms with Crippen molar-refractivity contribution in [2.75, 3.05) is 32.6 Å². The van der Waals surface area contributed by atoms with Crippen molar-refractivity contribution in [3.05, 3.63) is 29.3 Å². The summed E-state index contributed by atoms with van der Waals surface area (Å²) < 4.78 is 0. The van der Waals surface area contributed by atoms with E-state index in [1.165, 1.54) is 19.3 Å². The molecule has 0 heterocycles. The van der Waals surface area contributed by atoms with Gasteiger partial charge in [-0.1, -0.05) is 22.0 Å². The molecule has 1 aromatic rings. The summed E-state index contributed by atoms with van der Waals surface area (Å²) in [5, 5.41) is 10.1. The second-order valence-electron chi connectivity index (χ2n) is 5.93. The molecule has 0 bridgehead atoms. The molecule has 1 aromatic carbocycles. The van der Waals surface area contributed by atoms with Gasteiger partial charge in [0, 0.05) is 24.5 Å². The zero-order valence-corrected chi connectivity index (χ0v) is 14.1. The molecule has 0 aromatic heterocycles. The minimum atomic E-state index is 0.273. The lowest BCUT2D eigenvalue weighted by Crippen LogP contribution is -2.56. The van der Waals surface area contributed by atoms with E-state index < -0.39 is 0 Å². The van der Waals surface area contributed by atoms with Gasteiger partial charge < -0.3 is 9.80 Å². The van der Waals surface area contributed by atoms with E-state index >= 15 is 0 Å². The Hall–Kier alpha value is -1.05. The van der Waals surface area contributed by atoms with Crippen molar-refractivity contribution < 1.29 is 0 Å². The minimum absolute atomic E-state index is 0.273. The molecule has 4 heteroatoms. The minimum Gasteiger partial charge on any atom is -0.372 e. The molecule has 1 aliphatic rings. The van der Waals surface area contributed by atoms with Crippen LogP contribution in [0.3, 0.4) is 0 Å². The van der Waals surface area contributed by atoms with Crippen molar-refractivity contribution in [3.8, 4) is 6.07 Å². The first kappa shape index (κ1) is 15.3. The summed E-state index contributed by atoms with van der Waals surface area (Å²) in [6, 6.07) is 8.46. The number of hydrogen-bond donors (Lipinski definition) is 0. The van der Waals surface area contributed by atoms with E-state index in [0.717, 1.165) is 28.7 Å². The van der Waals surface area contributed by atoms with Crippen LogP contribution in [0.4, 0.5) is 5.69 Å². The predicted molar refractivity (Wildman–Crippen MR) is 87.3 cm³/mol. The second kappa shape index (κ2) is 6.15. The van der Waals surface area contributed by atoms with Gasteiger partial charge in [0.2, 0.25) is 0 Å². The van der Waals surface area contributed by atoms with Crippen LogP contribution in [0.1, 0.15) is 30.4 Å². The molecule has 0 atom stereocenters. The quantitative estimate of drug-likeness (QED) is 0.773. The van der Waals surface area contributed by atoms with E-state index in [2.05, 4.69) is 65.1 Å². The summed E-state index contributed by atoms with van der Waals surface area (Å²) in [6.45, 7) is 0.975. The SMILES string of the molecule is CN(CC1(N(C)C)CCC1)c1ccc(CBr)cc1C#N. The highest BCUT2D eigenvalue weighted by atomic mass is 79.9. The molecule has 0 amide bonds. The Morgan fingerprint density at radius 3 is 2.45 bits per heavy atom. The first-order valence-electron chi connectivity index (χ1n) is 7.00. The number of nitrogens with zero attached hydrogens (tertiary/aromatic N) is 3. The Morgan fingerprint density at radius 2 is 2.00 bits per heavy atom. The highest BCUT2D eigenvalue weighted by Gasteiger charge is 2.40. The van der Waals surface area contributed by atoms with Crippen molar-refractivity contribution in [1.29, 1.82) is 5.26 Å². The van der Waals surface area contributed by atoms with Crippen molar-refractivity contribution in [3.63, 3.8) is 0 Å². The van der Waals surface area contributed by atoms with Crippen LogP contribution in [-0.4, -0.2) is 38.1 Å². The number of hydrogen-bond acceptors (Lipinski definition) is 3. The van der Waals surface area contributed by atoms with E-state index in [4.69, 9.17) is 0 Å². The van der Waals surface area contributed by atoms with Gasteiger partial charge in [-0.25, -0.2) is 0 Å². The molecule has 0 radical (unpaired) electrons. The molecular formula is C16H22BrN3. The number of benzene rings is 1. The molecular weight excluding hydrogens is 314 g/mol. The first-order chi connectivity index (χ1) is 9.52. The maximum Gasteiger partial charge on any atom is 0.101 e. The Bertz CT molecular complexity index is 515. The van der Waals surface area contributed by atoms with Crippen LogP contribution in [0.25, 0.3) is 0 Å². The van der Waals surface area contributed by atoms with Crippen LogP contribution in [0.15, 0.2) is 18.2 Å². The second-order valence-corrected chi connectivity index (χ2v) is 6.49. The molecule has 1 aliphatic carbocycles. The van der Waals surface area contributed by atoms with Crippen LogP contribution in [0.5, 0.6) is 0 Å². The molecule has 20 heavy (non-hydrogen) atoms. The number of alkyl halides is 1. The summed E-state index contributed by atoms with van der Waals surface area (Å²) in [5.41, 5.74) is 3.21. The fraction of sp³-hybridized carbons (Fsp3) is 0.562. The highest BCUT2D eigenvalue weighted by Crippen LogP contribution is 2.37. The lowest BCUT2D eigenvalue weighted by atomic mass is 9.75. The molecule has 108 valence electrons. The Labute approximate surface area is 130 Å². The van der Waals surface area contributed by atoms with Gasteiger partial charge in [0.25, 0.3) is 0 Å². The molecule has 3 nitrogen and oxygen atoms in total. The molecule has 0 N–H and O–H groups in total. The molecule has 1 fully saturated rings. The highest BCUT2D eigenvalue weighted by molar-refractivity contribution is 9.08. The average Bonchev–Trinajstić information content (AvgIpc) is 2.41. The monoisotopic (exact) mass is 335 g/mol. The number of anilines is 1. The van der Waals surface area contributed by atoms with Crippen molar-refractivity contribution >= 4 is 21.6 Å². The van der Waals surface area contributed by atoms with Gasteiger partial charge in [0.1, 0.15) is 6.07 Å². The summed E-state index contributed by atoms with van der Waals surface area (Å²) in [6.07, 6.45) is 3.79. The summed E-state index contributed by atoms with van der Waals surface area (Å²) >= 11 is 3.44. The Kier molecular flexibility index (Phi) is 4.72. The maximum absolute atomic E-state index is 9.36. The van der Waals surface area contributed by atoms with Crippen LogP contribution in [0.2, 0.25) is 0 Å². The molecule has 2 rings (SSSR count). The van der Waals surface area contributed by atoms with E-state index in [1.54, 1.807) is 0 Å². The smallest absolute Gasteiger partial charge is 0.101 e. The van der Waals surface area contributed by atoms with Gasteiger partial charge in [-0.15, -0.1) is 0 Å². The fourth-order valence-electron chi connectivity index (χ4n) is 2.95. The maximum atomic E-state index is 9.36. The Morgan fingerprint density at radius 1 is 1.30 bits per heavy atom. The number of rotatable bonds is 5. The summed E-state index contributed by atoms with van der Waals surface area (Å²) in [4.78, 5) is 4.57. The summed E-state index contributed by atoms with van der Waals surface area (Å²) in [5.74, 6) is 0. The standard InChI is InChI=1S/C16H22BrN3/c1-19(2)16(7-4-8-16)12-20(3)15-6-5-13(10-17)9-14(15)11-18/h5-6,9H,4,7-8,10,12H2,1-3H3. The normalized spacial score (nSPS) is 16.6. The van der Waals surface area contributed by atoms with Gasteiger partial charge in [0.05, 0.1) is 11.3 Å². The third-order valence-electron chi connectivity index (χ3n) is 4.51. The van der Waals surface area contributed by atoms with Gasteiger partial charge in [0.15, 0.2) is 0 Å². The zero-order chi connectivity index (χ0) is 14.8. The zero-order valence-electron chi connectivity index (χ0n) is 12.5. The van der Waals surface area contributed by atoms with Gasteiger partial charge in [-0.3, -0.25) is 0 Å². The summed E-state index contributed by atoms with van der Waals surface area (Å²) in [7, 11) is 6.41. The van der Waals surface area contributed by atoms with Crippen LogP contribution in [0, 0.1) is 11.3 Å². The molecule has 0 unspecified atom stereocenters. The van der Waals surface area contributed by atoms with E-state index in [1.807, 2.05) is 6.07 Å². The molecule has 0 spiro atoms. The molecule has 1 saturated carbocycles. The number of halogens is 1. The first-order valence-corrected chi connectivity index (χ1v) is 8.12. The third-order valence-corrected chi connectivity index (χ3v) is 5.16. The van der Waals surface area contributed by atoms with Gasteiger partial charge in [-0.05, 0) is 51.1 Å². The number of nitriles is 1.